The normalized spacial score (nSPS) is 39.4. The quantitative estimate of drug-likeness (QED) is 0.761. The first-order valence-corrected chi connectivity index (χ1v) is 7.00. The smallest absolute Gasteiger partial charge is 0.127 e. The number of rotatable bonds is 4. The van der Waals surface area contributed by atoms with E-state index in [0.29, 0.717) is 12.0 Å². The van der Waals surface area contributed by atoms with E-state index < -0.39 is 0 Å². The van der Waals surface area contributed by atoms with Gasteiger partial charge in [0.05, 0.1) is 6.61 Å². The largest absolute Gasteiger partial charge is 0.395 e. The summed E-state index contributed by atoms with van der Waals surface area (Å²) in [5.41, 5.74) is -0.130. The van der Waals surface area contributed by atoms with E-state index in [0.717, 1.165) is 38.8 Å². The van der Waals surface area contributed by atoms with Gasteiger partial charge in [0.2, 0.25) is 0 Å². The first-order chi connectivity index (χ1) is 8.19. The minimum Gasteiger partial charge on any atom is -0.395 e. The van der Waals surface area contributed by atoms with Crippen molar-refractivity contribution in [3.05, 3.63) is 0 Å². The molecule has 0 spiro atoms. The van der Waals surface area contributed by atoms with Crippen LogP contribution < -0.4 is 0 Å². The highest BCUT2D eigenvalue weighted by Gasteiger charge is 2.38. The van der Waals surface area contributed by atoms with Crippen LogP contribution in [0.25, 0.3) is 0 Å². The lowest BCUT2D eigenvalue weighted by Gasteiger charge is -2.39. The molecule has 2 rings (SSSR count). The number of nitrogens with zero attached hydrogens (tertiary/aromatic N) is 1. The van der Waals surface area contributed by atoms with Gasteiger partial charge in [0, 0.05) is 18.0 Å². The van der Waals surface area contributed by atoms with Gasteiger partial charge in [-0.3, -0.25) is 4.90 Å². The summed E-state index contributed by atoms with van der Waals surface area (Å²) in [6.07, 6.45) is 7.96. The van der Waals surface area contributed by atoms with Gasteiger partial charge in [0.1, 0.15) is 6.29 Å². The number of aldehydes is 1. The summed E-state index contributed by atoms with van der Waals surface area (Å²) in [5.74, 6) is 0.670. The fraction of sp³-hybridized carbons (Fsp3) is 0.929. The Morgan fingerprint density at radius 3 is 2.88 bits per heavy atom. The fourth-order valence-electron chi connectivity index (χ4n) is 3.70. The molecular formula is C14H25NO2. The molecule has 0 amide bonds. The third kappa shape index (κ3) is 2.89. The molecule has 0 radical (unpaired) electrons. The van der Waals surface area contributed by atoms with Crippen molar-refractivity contribution in [2.24, 2.45) is 11.3 Å². The molecule has 2 aliphatic rings. The second-order valence-corrected chi connectivity index (χ2v) is 6.13. The Bertz CT molecular complexity index is 269. The molecular weight excluding hydrogens is 214 g/mol. The minimum atomic E-state index is -0.130. The number of hydrogen-bond acceptors (Lipinski definition) is 3. The van der Waals surface area contributed by atoms with Crippen LogP contribution in [0.15, 0.2) is 0 Å². The molecule has 1 N–H and O–H groups in total. The van der Waals surface area contributed by atoms with Gasteiger partial charge >= 0.3 is 0 Å². The van der Waals surface area contributed by atoms with Crippen LogP contribution in [0.3, 0.4) is 0 Å². The van der Waals surface area contributed by atoms with Gasteiger partial charge in [-0.1, -0.05) is 19.8 Å². The van der Waals surface area contributed by atoms with E-state index in [1.165, 1.54) is 19.1 Å². The zero-order valence-corrected chi connectivity index (χ0v) is 10.9. The highest BCUT2D eigenvalue weighted by atomic mass is 16.3. The number of carbonyl (C=O) groups excluding carboxylic acids is 1. The molecule has 1 saturated heterocycles. The molecule has 3 nitrogen and oxygen atoms in total. The topological polar surface area (TPSA) is 40.5 Å². The zero-order valence-electron chi connectivity index (χ0n) is 10.9. The summed E-state index contributed by atoms with van der Waals surface area (Å²) in [7, 11) is 0. The van der Waals surface area contributed by atoms with Crippen molar-refractivity contribution in [1.29, 1.82) is 0 Å². The predicted octanol–water partition coefficient (Wildman–Crippen LogP) is 1.84. The monoisotopic (exact) mass is 239 g/mol. The average Bonchev–Trinajstić information content (AvgIpc) is 2.76. The Kier molecular flexibility index (Phi) is 4.21. The van der Waals surface area contributed by atoms with Crippen LogP contribution in [0, 0.1) is 11.3 Å². The fourth-order valence-corrected chi connectivity index (χ4v) is 3.70. The molecule has 1 aliphatic heterocycles. The highest BCUT2D eigenvalue weighted by Crippen LogP contribution is 2.39. The summed E-state index contributed by atoms with van der Waals surface area (Å²) < 4.78 is 0. The van der Waals surface area contributed by atoms with E-state index >= 15 is 0 Å². The predicted molar refractivity (Wildman–Crippen MR) is 67.8 cm³/mol. The summed E-state index contributed by atoms with van der Waals surface area (Å²) in [4.78, 5) is 13.9. The second kappa shape index (κ2) is 5.49. The van der Waals surface area contributed by atoms with Crippen molar-refractivity contribution >= 4 is 6.29 Å². The van der Waals surface area contributed by atoms with Gasteiger partial charge in [0.25, 0.3) is 0 Å². The molecule has 0 bridgehead atoms. The van der Waals surface area contributed by atoms with Crippen molar-refractivity contribution in [2.75, 3.05) is 19.7 Å². The lowest BCUT2D eigenvalue weighted by atomic mass is 9.70. The van der Waals surface area contributed by atoms with Crippen LogP contribution in [-0.2, 0) is 4.79 Å². The lowest BCUT2D eigenvalue weighted by Crippen LogP contribution is -2.44. The van der Waals surface area contributed by atoms with E-state index in [1.807, 2.05) is 0 Å². The van der Waals surface area contributed by atoms with Crippen LogP contribution in [0.5, 0.6) is 0 Å². The number of likely N-dealkylation sites (tertiary alicyclic amines) is 1. The minimum absolute atomic E-state index is 0.130. The van der Waals surface area contributed by atoms with Gasteiger partial charge < -0.3 is 9.90 Å². The van der Waals surface area contributed by atoms with Crippen molar-refractivity contribution < 1.29 is 9.90 Å². The van der Waals surface area contributed by atoms with E-state index in [4.69, 9.17) is 0 Å². The second-order valence-electron chi connectivity index (χ2n) is 6.13. The third-order valence-corrected chi connectivity index (χ3v) is 4.60. The van der Waals surface area contributed by atoms with Crippen LogP contribution in [0.2, 0.25) is 0 Å². The summed E-state index contributed by atoms with van der Waals surface area (Å²) in [6, 6.07) is 0.295. The molecule has 0 aromatic carbocycles. The first-order valence-electron chi connectivity index (χ1n) is 7.00. The summed E-state index contributed by atoms with van der Waals surface area (Å²) in [5, 5.41) is 9.34. The number of carbonyl (C=O) groups is 1. The van der Waals surface area contributed by atoms with Crippen molar-refractivity contribution in [3.8, 4) is 0 Å². The first kappa shape index (κ1) is 13.0. The molecule has 3 unspecified atom stereocenters. The van der Waals surface area contributed by atoms with Gasteiger partial charge in [-0.2, -0.15) is 0 Å². The number of aliphatic hydroxyl groups is 1. The third-order valence-electron chi connectivity index (χ3n) is 4.60. The Balaban J connectivity index is 2.00. The van der Waals surface area contributed by atoms with Crippen molar-refractivity contribution in [1.82, 2.24) is 4.90 Å². The van der Waals surface area contributed by atoms with Crippen molar-refractivity contribution in [2.45, 2.75) is 51.5 Å². The molecule has 0 aromatic heterocycles. The maximum atomic E-state index is 11.5. The van der Waals surface area contributed by atoms with Gasteiger partial charge in [-0.25, -0.2) is 0 Å². The lowest BCUT2D eigenvalue weighted by molar-refractivity contribution is -0.120. The summed E-state index contributed by atoms with van der Waals surface area (Å²) in [6.45, 7) is 4.41. The van der Waals surface area contributed by atoms with Crippen LogP contribution in [-0.4, -0.2) is 42.0 Å². The average molecular weight is 239 g/mol. The van der Waals surface area contributed by atoms with Crippen LogP contribution >= 0.6 is 0 Å². The molecule has 98 valence electrons. The van der Waals surface area contributed by atoms with Gasteiger partial charge in [0.15, 0.2) is 0 Å². The maximum absolute atomic E-state index is 11.5. The number of aliphatic hydroxyl groups excluding tert-OH is 1. The molecule has 1 saturated carbocycles. The van der Waals surface area contributed by atoms with E-state index in [1.54, 1.807) is 0 Å². The molecule has 3 atom stereocenters. The number of hydrogen-bond donors (Lipinski definition) is 1. The van der Waals surface area contributed by atoms with Crippen molar-refractivity contribution in [3.63, 3.8) is 0 Å². The van der Waals surface area contributed by atoms with Crippen LogP contribution in [0.1, 0.15) is 45.4 Å². The molecule has 0 aromatic rings. The molecule has 1 aliphatic carbocycles. The standard InChI is InChI=1S/C14H25NO2/c1-12-4-2-6-14(8-12,11-17)10-15-7-3-5-13(15)9-16/h11-13,16H,2-10H2,1H3. The Hall–Kier alpha value is -0.410. The highest BCUT2D eigenvalue weighted by molar-refractivity contribution is 5.60. The Labute approximate surface area is 104 Å². The molecule has 17 heavy (non-hydrogen) atoms. The van der Waals surface area contributed by atoms with Crippen LogP contribution in [0.4, 0.5) is 0 Å². The molecule has 3 heteroatoms. The summed E-state index contributed by atoms with van der Waals surface area (Å²) >= 11 is 0. The van der Waals surface area contributed by atoms with Gasteiger partial charge in [-0.05, 0) is 38.1 Å². The Morgan fingerprint density at radius 2 is 2.24 bits per heavy atom. The van der Waals surface area contributed by atoms with Gasteiger partial charge in [-0.15, -0.1) is 0 Å². The SMILES string of the molecule is CC1CCCC(C=O)(CN2CCCC2CO)C1. The van der Waals surface area contributed by atoms with E-state index in [-0.39, 0.29) is 12.0 Å². The zero-order chi connectivity index (χ0) is 12.3. The van der Waals surface area contributed by atoms with E-state index in [9.17, 15) is 9.90 Å². The maximum Gasteiger partial charge on any atom is 0.127 e. The van der Waals surface area contributed by atoms with E-state index in [2.05, 4.69) is 11.8 Å². The Morgan fingerprint density at radius 1 is 1.41 bits per heavy atom. The molecule has 2 fully saturated rings. The molecule has 1 heterocycles.